The van der Waals surface area contributed by atoms with Gasteiger partial charge in [-0.25, -0.2) is 0 Å². The van der Waals surface area contributed by atoms with E-state index in [4.69, 9.17) is 0 Å². The van der Waals surface area contributed by atoms with Gasteiger partial charge in [-0.05, 0) is 42.4 Å². The molecule has 0 spiro atoms. The Morgan fingerprint density at radius 2 is 1.82 bits per heavy atom. The van der Waals surface area contributed by atoms with Crippen molar-refractivity contribution in [2.75, 3.05) is 0 Å². The molecule has 1 aromatic carbocycles. The Hall–Kier alpha value is -1.75. The Kier molecular flexibility index (Phi) is 3.08. The van der Waals surface area contributed by atoms with Crippen molar-refractivity contribution in [1.29, 1.82) is 0 Å². The molecule has 112 valence electrons. The Labute approximate surface area is 137 Å². The van der Waals surface area contributed by atoms with Crippen LogP contribution in [0.15, 0.2) is 39.9 Å². The minimum atomic E-state index is -0.190. The zero-order valence-electron chi connectivity index (χ0n) is 12.1. The highest BCUT2D eigenvalue weighted by atomic mass is 79.9. The summed E-state index contributed by atoms with van der Waals surface area (Å²) in [6.07, 6.45) is 6.69. The van der Waals surface area contributed by atoms with Crippen LogP contribution < -0.4 is 0 Å². The fourth-order valence-electron chi connectivity index (χ4n) is 3.81. The van der Waals surface area contributed by atoms with Crippen LogP contribution in [0.5, 0.6) is 0 Å². The number of imide groups is 1. The standard InChI is InChI=1S/C17H15BrN2O2/c1-9-2-3-10(6-13(9)18)8-19-20-16(21)14-11-4-5-12(7-11)15(14)17(20)22/h2-6,8,11-12,14-15H,7H2,1H3/b19-8-/t11-,12+,14-,15+. The number of allylic oxidation sites excluding steroid dienone is 2. The smallest absolute Gasteiger partial charge is 0.254 e. The fourth-order valence-corrected chi connectivity index (χ4v) is 4.21. The lowest BCUT2D eigenvalue weighted by molar-refractivity contribution is -0.140. The third kappa shape index (κ3) is 1.92. The molecule has 0 N–H and O–H groups in total. The molecule has 2 bridgehead atoms. The first-order chi connectivity index (χ1) is 10.6. The molecule has 4 atom stereocenters. The Morgan fingerprint density at radius 1 is 1.18 bits per heavy atom. The van der Waals surface area contributed by atoms with Gasteiger partial charge in [0.25, 0.3) is 11.8 Å². The number of hydrogen-bond acceptors (Lipinski definition) is 3. The lowest BCUT2D eigenvalue weighted by atomic mass is 9.85. The molecule has 0 radical (unpaired) electrons. The Balaban J connectivity index is 1.59. The first-order valence-electron chi connectivity index (χ1n) is 7.42. The quantitative estimate of drug-likeness (QED) is 0.463. The molecule has 0 aromatic heterocycles. The summed E-state index contributed by atoms with van der Waals surface area (Å²) in [7, 11) is 0. The molecule has 2 fully saturated rings. The summed E-state index contributed by atoms with van der Waals surface area (Å²) in [6.45, 7) is 2.00. The Bertz CT molecular complexity index is 710. The SMILES string of the molecule is Cc1ccc(/C=N\N2C(=O)[C@@H]3[C@H](C2=O)[C@@H]2C=C[C@H]3C2)cc1Br. The van der Waals surface area contributed by atoms with Gasteiger partial charge in [-0.2, -0.15) is 10.1 Å². The number of carbonyl (C=O) groups excluding carboxylic acids is 2. The third-order valence-electron chi connectivity index (χ3n) is 4.97. The summed E-state index contributed by atoms with van der Waals surface area (Å²) in [5.74, 6) is -0.224. The van der Waals surface area contributed by atoms with Crippen molar-refractivity contribution in [3.8, 4) is 0 Å². The monoisotopic (exact) mass is 358 g/mol. The number of halogens is 1. The number of nitrogens with zero attached hydrogens (tertiary/aromatic N) is 2. The summed E-state index contributed by atoms with van der Waals surface area (Å²) in [4.78, 5) is 25.0. The van der Waals surface area contributed by atoms with Crippen LogP contribution in [0.4, 0.5) is 0 Å². The molecular formula is C17H15BrN2O2. The first-order valence-corrected chi connectivity index (χ1v) is 8.22. The van der Waals surface area contributed by atoms with Gasteiger partial charge in [0.1, 0.15) is 0 Å². The van der Waals surface area contributed by atoms with E-state index in [1.165, 1.54) is 0 Å². The maximum atomic E-state index is 12.5. The van der Waals surface area contributed by atoms with Gasteiger partial charge < -0.3 is 0 Å². The van der Waals surface area contributed by atoms with Gasteiger partial charge in [0.2, 0.25) is 0 Å². The molecule has 5 heteroatoms. The van der Waals surface area contributed by atoms with Crippen molar-refractivity contribution < 1.29 is 9.59 Å². The third-order valence-corrected chi connectivity index (χ3v) is 5.82. The van der Waals surface area contributed by atoms with E-state index in [2.05, 4.69) is 33.2 Å². The topological polar surface area (TPSA) is 49.7 Å². The second kappa shape index (κ2) is 4.88. The predicted molar refractivity (Wildman–Crippen MR) is 86.0 cm³/mol. The molecule has 1 aliphatic heterocycles. The molecule has 2 amide bonds. The molecule has 1 saturated heterocycles. The predicted octanol–water partition coefficient (Wildman–Crippen LogP) is 2.90. The molecule has 2 aliphatic carbocycles. The number of fused-ring (bicyclic) bond motifs is 5. The van der Waals surface area contributed by atoms with Crippen LogP contribution in [-0.2, 0) is 9.59 Å². The highest BCUT2D eigenvalue weighted by Gasteiger charge is 2.59. The van der Waals surface area contributed by atoms with E-state index < -0.39 is 0 Å². The lowest BCUT2D eigenvalue weighted by Crippen LogP contribution is -2.28. The average Bonchev–Trinajstić information content (AvgIpc) is 3.16. The highest BCUT2D eigenvalue weighted by molar-refractivity contribution is 9.10. The van der Waals surface area contributed by atoms with E-state index in [1.807, 2.05) is 25.1 Å². The first kappa shape index (κ1) is 13.9. The molecule has 1 aromatic rings. The summed E-state index contributed by atoms with van der Waals surface area (Å²) in [5, 5.41) is 5.24. The van der Waals surface area contributed by atoms with Gasteiger partial charge in [-0.15, -0.1) is 0 Å². The number of rotatable bonds is 2. The number of benzene rings is 1. The zero-order chi connectivity index (χ0) is 15.4. The van der Waals surface area contributed by atoms with Crippen molar-refractivity contribution >= 4 is 34.0 Å². The summed E-state index contributed by atoms with van der Waals surface area (Å²) < 4.78 is 0.981. The van der Waals surface area contributed by atoms with Crippen molar-refractivity contribution in [3.05, 3.63) is 46.0 Å². The summed E-state index contributed by atoms with van der Waals surface area (Å²) >= 11 is 3.47. The van der Waals surface area contributed by atoms with E-state index in [-0.39, 0.29) is 35.5 Å². The molecule has 4 rings (SSSR count). The second-order valence-corrected chi connectivity index (χ2v) is 7.10. The maximum absolute atomic E-state index is 12.5. The van der Waals surface area contributed by atoms with Crippen LogP contribution in [-0.4, -0.2) is 23.0 Å². The van der Waals surface area contributed by atoms with Crippen molar-refractivity contribution in [2.24, 2.45) is 28.8 Å². The van der Waals surface area contributed by atoms with Crippen LogP contribution >= 0.6 is 15.9 Å². The lowest BCUT2D eigenvalue weighted by Gasteiger charge is -2.13. The number of hydrazone groups is 1. The van der Waals surface area contributed by atoms with Crippen LogP contribution in [0.2, 0.25) is 0 Å². The van der Waals surface area contributed by atoms with Crippen LogP contribution in [0.1, 0.15) is 17.5 Å². The number of aryl methyl sites for hydroxylation is 1. The molecule has 1 saturated carbocycles. The summed E-state index contributed by atoms with van der Waals surface area (Å²) in [6, 6.07) is 5.81. The molecular weight excluding hydrogens is 344 g/mol. The molecule has 0 unspecified atom stereocenters. The molecule has 22 heavy (non-hydrogen) atoms. The van der Waals surface area contributed by atoms with Gasteiger partial charge in [0.05, 0.1) is 18.1 Å². The second-order valence-electron chi connectivity index (χ2n) is 6.24. The van der Waals surface area contributed by atoms with E-state index in [0.717, 1.165) is 27.0 Å². The van der Waals surface area contributed by atoms with Gasteiger partial charge in [-0.3, -0.25) is 9.59 Å². The number of amides is 2. The van der Waals surface area contributed by atoms with Crippen LogP contribution in [0, 0.1) is 30.6 Å². The van der Waals surface area contributed by atoms with Gasteiger partial charge in [0.15, 0.2) is 0 Å². The molecule has 3 aliphatic rings. The minimum absolute atomic E-state index is 0.144. The Morgan fingerprint density at radius 3 is 2.41 bits per heavy atom. The highest BCUT2D eigenvalue weighted by Crippen LogP contribution is 2.52. The minimum Gasteiger partial charge on any atom is -0.272 e. The summed E-state index contributed by atoms with van der Waals surface area (Å²) in [5.41, 5.74) is 1.99. The normalized spacial score (nSPS) is 32.5. The van der Waals surface area contributed by atoms with Crippen molar-refractivity contribution in [3.63, 3.8) is 0 Å². The van der Waals surface area contributed by atoms with Crippen molar-refractivity contribution in [1.82, 2.24) is 5.01 Å². The maximum Gasteiger partial charge on any atom is 0.254 e. The largest absolute Gasteiger partial charge is 0.272 e. The van der Waals surface area contributed by atoms with E-state index >= 15 is 0 Å². The van der Waals surface area contributed by atoms with Gasteiger partial charge in [-0.1, -0.05) is 40.2 Å². The number of carbonyl (C=O) groups is 2. The fraction of sp³-hybridized carbons (Fsp3) is 0.353. The average molecular weight is 359 g/mol. The zero-order valence-corrected chi connectivity index (χ0v) is 13.7. The van der Waals surface area contributed by atoms with Crippen LogP contribution in [0.25, 0.3) is 0 Å². The van der Waals surface area contributed by atoms with E-state index in [1.54, 1.807) is 6.21 Å². The molecule has 1 heterocycles. The van der Waals surface area contributed by atoms with E-state index in [0.29, 0.717) is 0 Å². The van der Waals surface area contributed by atoms with E-state index in [9.17, 15) is 9.59 Å². The molecule has 4 nitrogen and oxygen atoms in total. The van der Waals surface area contributed by atoms with Crippen LogP contribution in [0.3, 0.4) is 0 Å². The number of hydrogen-bond donors (Lipinski definition) is 0. The van der Waals surface area contributed by atoms with Gasteiger partial charge >= 0.3 is 0 Å². The van der Waals surface area contributed by atoms with Crippen molar-refractivity contribution in [2.45, 2.75) is 13.3 Å². The van der Waals surface area contributed by atoms with Gasteiger partial charge in [0, 0.05) is 4.47 Å².